The van der Waals surface area contributed by atoms with Crippen LogP contribution >= 0.6 is 23.5 Å². The summed E-state index contributed by atoms with van der Waals surface area (Å²) in [5.41, 5.74) is 0. The lowest BCUT2D eigenvalue weighted by molar-refractivity contribution is -0.149. The number of hydrogen-bond acceptors (Lipinski definition) is 6. The minimum atomic E-state index is -0.0707. The van der Waals surface area contributed by atoms with E-state index in [1.165, 1.54) is 0 Å². The quantitative estimate of drug-likeness (QED) is 0.739. The summed E-state index contributed by atoms with van der Waals surface area (Å²) in [6.45, 7) is 4.20. The van der Waals surface area contributed by atoms with Gasteiger partial charge in [0.25, 0.3) is 0 Å². The molecule has 2 atom stereocenters. The van der Waals surface area contributed by atoms with Crippen molar-refractivity contribution in [1.29, 1.82) is 0 Å². The predicted octanol–water partition coefficient (Wildman–Crippen LogP) is 2.62. The molecule has 1 saturated carbocycles. The molecule has 0 bridgehead atoms. The largest absolute Gasteiger partial charge is 0.466 e. The minimum absolute atomic E-state index is 0.0672. The van der Waals surface area contributed by atoms with E-state index in [0.717, 1.165) is 60.6 Å². The first kappa shape index (κ1) is 16.2. The van der Waals surface area contributed by atoms with Gasteiger partial charge in [-0.3, -0.25) is 19.7 Å². The van der Waals surface area contributed by atoms with E-state index in [1.54, 1.807) is 11.8 Å². The average Bonchev–Trinajstić information content (AvgIpc) is 3.18. The van der Waals surface area contributed by atoms with Crippen molar-refractivity contribution in [3.8, 4) is 0 Å². The number of amidine groups is 2. The van der Waals surface area contributed by atoms with Crippen LogP contribution in [0.15, 0.2) is 9.98 Å². The van der Waals surface area contributed by atoms with Crippen LogP contribution in [0.3, 0.4) is 0 Å². The fourth-order valence-corrected chi connectivity index (χ4v) is 5.04. The normalized spacial score (nSPS) is 30.7. The third-order valence-electron chi connectivity index (χ3n) is 4.17. The summed E-state index contributed by atoms with van der Waals surface area (Å²) in [7, 11) is 0. The monoisotopic (exact) mass is 341 g/mol. The number of aliphatic imine (C=N–C) groups is 2. The summed E-state index contributed by atoms with van der Waals surface area (Å²) in [5, 5.41) is 2.15. The Balaban J connectivity index is 1.74. The highest BCUT2D eigenvalue weighted by atomic mass is 32.2. The van der Waals surface area contributed by atoms with E-state index in [2.05, 4.69) is 9.89 Å². The number of nitrogens with zero attached hydrogens (tertiary/aromatic N) is 3. The molecular weight excluding hydrogens is 318 g/mol. The Morgan fingerprint density at radius 2 is 2.23 bits per heavy atom. The minimum Gasteiger partial charge on any atom is -0.466 e. The zero-order valence-electron chi connectivity index (χ0n) is 13.0. The summed E-state index contributed by atoms with van der Waals surface area (Å²) < 4.78 is 5.25. The zero-order chi connectivity index (χ0) is 15.4. The van der Waals surface area contributed by atoms with Crippen LogP contribution in [0.25, 0.3) is 0 Å². The van der Waals surface area contributed by atoms with Crippen molar-refractivity contribution in [3.63, 3.8) is 0 Å². The Kier molecular flexibility index (Phi) is 5.68. The Morgan fingerprint density at radius 3 is 3.00 bits per heavy atom. The van der Waals surface area contributed by atoms with Crippen molar-refractivity contribution >= 4 is 39.8 Å². The first-order valence-electron chi connectivity index (χ1n) is 8.11. The maximum Gasteiger partial charge on any atom is 0.311 e. The van der Waals surface area contributed by atoms with Gasteiger partial charge in [-0.1, -0.05) is 36.4 Å². The van der Waals surface area contributed by atoms with Gasteiger partial charge in [0, 0.05) is 18.1 Å². The van der Waals surface area contributed by atoms with Crippen LogP contribution in [-0.2, 0) is 9.53 Å². The van der Waals surface area contributed by atoms with Crippen molar-refractivity contribution in [3.05, 3.63) is 0 Å². The highest BCUT2D eigenvalue weighted by molar-refractivity contribution is 8.16. The summed E-state index contributed by atoms with van der Waals surface area (Å²) in [6, 6.07) is 0.0721. The molecule has 0 aromatic rings. The molecule has 3 rings (SSSR count). The number of hydrogen-bond donors (Lipinski definition) is 0. The molecule has 122 valence electrons. The summed E-state index contributed by atoms with van der Waals surface area (Å²) >= 11 is 3.60. The number of ether oxygens (including phenoxy) is 1. The van der Waals surface area contributed by atoms with Crippen LogP contribution in [0.4, 0.5) is 0 Å². The van der Waals surface area contributed by atoms with Gasteiger partial charge < -0.3 is 4.74 Å². The average molecular weight is 342 g/mol. The first-order valence-corrected chi connectivity index (χ1v) is 10.1. The lowest BCUT2D eigenvalue weighted by Crippen LogP contribution is -2.35. The lowest BCUT2D eigenvalue weighted by atomic mass is 9.85. The van der Waals surface area contributed by atoms with Crippen LogP contribution in [0.5, 0.6) is 0 Å². The molecule has 2 aliphatic heterocycles. The SMILES string of the molecule is CCOC(=O)[C@@H]1CCCC[C@@H]1N=C1SCCN1C1=NCCS1. The van der Waals surface area contributed by atoms with E-state index >= 15 is 0 Å². The summed E-state index contributed by atoms with van der Waals surface area (Å²) in [6.07, 6.45) is 4.14. The molecular formula is C15H23N3O2S2. The van der Waals surface area contributed by atoms with Crippen molar-refractivity contribution in [2.75, 3.05) is 31.2 Å². The zero-order valence-corrected chi connectivity index (χ0v) is 14.6. The van der Waals surface area contributed by atoms with Crippen LogP contribution in [-0.4, -0.2) is 58.4 Å². The molecule has 0 aromatic carbocycles. The Morgan fingerprint density at radius 1 is 1.36 bits per heavy atom. The van der Waals surface area contributed by atoms with Crippen LogP contribution in [0.2, 0.25) is 0 Å². The third kappa shape index (κ3) is 3.62. The predicted molar refractivity (Wildman–Crippen MR) is 93.7 cm³/mol. The van der Waals surface area contributed by atoms with Crippen LogP contribution in [0.1, 0.15) is 32.6 Å². The fourth-order valence-electron chi connectivity index (χ4n) is 3.11. The Hall–Kier alpha value is -0.690. The Bertz CT molecular complexity index is 481. The fraction of sp³-hybridized carbons (Fsp3) is 0.800. The van der Waals surface area contributed by atoms with Gasteiger partial charge in [-0.25, -0.2) is 0 Å². The van der Waals surface area contributed by atoms with E-state index in [1.807, 2.05) is 18.7 Å². The van der Waals surface area contributed by atoms with Crippen LogP contribution in [0, 0.1) is 5.92 Å². The Labute approximate surface area is 140 Å². The van der Waals surface area contributed by atoms with Crippen molar-refractivity contribution < 1.29 is 9.53 Å². The molecule has 0 radical (unpaired) electrons. The van der Waals surface area contributed by atoms with Gasteiger partial charge >= 0.3 is 5.97 Å². The molecule has 0 unspecified atom stereocenters. The topological polar surface area (TPSA) is 54.3 Å². The molecule has 2 heterocycles. The summed E-state index contributed by atoms with van der Waals surface area (Å²) in [5.74, 6) is 1.98. The number of rotatable bonds is 3. The van der Waals surface area contributed by atoms with Gasteiger partial charge in [-0.2, -0.15) is 0 Å². The van der Waals surface area contributed by atoms with Crippen molar-refractivity contribution in [2.45, 2.75) is 38.6 Å². The highest BCUT2D eigenvalue weighted by Gasteiger charge is 2.34. The van der Waals surface area contributed by atoms with E-state index < -0.39 is 0 Å². The van der Waals surface area contributed by atoms with Gasteiger partial charge in [-0.15, -0.1) is 0 Å². The standard InChI is InChI=1S/C15H23N3O2S2/c1-2-20-13(19)11-5-3-4-6-12(11)17-15-18(8-10-22-15)14-16-7-9-21-14/h11-12H,2-10H2,1H3/t11-,12+/m1/s1. The molecule has 2 fully saturated rings. The molecule has 7 heteroatoms. The number of thioether (sulfide) groups is 2. The smallest absolute Gasteiger partial charge is 0.311 e. The molecule has 22 heavy (non-hydrogen) atoms. The number of carbonyl (C=O) groups excluding carboxylic acids is 1. The highest BCUT2D eigenvalue weighted by Crippen LogP contribution is 2.31. The molecule has 0 aromatic heterocycles. The molecule has 0 N–H and O–H groups in total. The van der Waals surface area contributed by atoms with E-state index in [-0.39, 0.29) is 17.9 Å². The third-order valence-corrected chi connectivity index (χ3v) is 6.14. The molecule has 3 aliphatic rings. The van der Waals surface area contributed by atoms with Crippen molar-refractivity contribution in [1.82, 2.24) is 4.90 Å². The van der Waals surface area contributed by atoms with Gasteiger partial charge in [0.1, 0.15) is 0 Å². The molecule has 0 amide bonds. The van der Waals surface area contributed by atoms with Gasteiger partial charge in [0.05, 0.1) is 25.1 Å². The van der Waals surface area contributed by atoms with Gasteiger partial charge in [-0.05, 0) is 19.8 Å². The van der Waals surface area contributed by atoms with Crippen LogP contribution < -0.4 is 0 Å². The second kappa shape index (κ2) is 7.73. The van der Waals surface area contributed by atoms with E-state index in [4.69, 9.17) is 9.73 Å². The second-order valence-electron chi connectivity index (χ2n) is 5.63. The maximum atomic E-state index is 12.2. The molecule has 1 aliphatic carbocycles. The van der Waals surface area contributed by atoms with E-state index in [9.17, 15) is 4.79 Å². The first-order chi connectivity index (χ1) is 10.8. The van der Waals surface area contributed by atoms with E-state index in [0.29, 0.717) is 6.61 Å². The molecule has 0 spiro atoms. The lowest BCUT2D eigenvalue weighted by Gasteiger charge is -2.28. The number of carbonyl (C=O) groups is 1. The number of esters is 1. The molecule has 5 nitrogen and oxygen atoms in total. The molecule has 1 saturated heterocycles. The summed E-state index contributed by atoms with van der Waals surface area (Å²) in [4.78, 5) is 23.9. The second-order valence-corrected chi connectivity index (χ2v) is 7.76. The van der Waals surface area contributed by atoms with Gasteiger partial charge in [0.15, 0.2) is 10.3 Å². The van der Waals surface area contributed by atoms with Gasteiger partial charge in [0.2, 0.25) is 0 Å². The maximum absolute atomic E-state index is 12.2. The van der Waals surface area contributed by atoms with Crippen molar-refractivity contribution in [2.24, 2.45) is 15.9 Å².